The van der Waals surface area contributed by atoms with Gasteiger partial charge in [-0.2, -0.15) is 5.10 Å². The molecule has 0 aliphatic rings. The number of aryl methyl sites for hydroxylation is 1. The SMILES string of the molecule is COc1cc(Cl)ccc1C(N)c1ccnn1C. The van der Waals surface area contributed by atoms with Gasteiger partial charge in [0.1, 0.15) is 5.75 Å². The quantitative estimate of drug-likeness (QED) is 0.909. The monoisotopic (exact) mass is 251 g/mol. The molecule has 2 aromatic rings. The zero-order valence-corrected chi connectivity index (χ0v) is 10.5. The number of aromatic nitrogens is 2. The third-order valence-electron chi connectivity index (χ3n) is 2.71. The molecule has 0 radical (unpaired) electrons. The molecule has 0 aliphatic carbocycles. The number of nitrogens with two attached hydrogens (primary N) is 1. The fraction of sp³-hybridized carbons (Fsp3) is 0.250. The molecule has 0 fully saturated rings. The lowest BCUT2D eigenvalue weighted by atomic mass is 10.0. The second kappa shape index (κ2) is 4.77. The van der Waals surface area contributed by atoms with Gasteiger partial charge >= 0.3 is 0 Å². The van der Waals surface area contributed by atoms with Crippen LogP contribution < -0.4 is 10.5 Å². The minimum absolute atomic E-state index is 0.283. The Hall–Kier alpha value is -1.52. The van der Waals surface area contributed by atoms with Crippen LogP contribution in [0.3, 0.4) is 0 Å². The Morgan fingerprint density at radius 1 is 1.41 bits per heavy atom. The first-order valence-corrected chi connectivity index (χ1v) is 5.58. The van der Waals surface area contributed by atoms with E-state index in [4.69, 9.17) is 22.1 Å². The van der Waals surface area contributed by atoms with Gasteiger partial charge in [-0.1, -0.05) is 17.7 Å². The van der Waals surface area contributed by atoms with Gasteiger partial charge in [0.15, 0.2) is 0 Å². The highest BCUT2D eigenvalue weighted by molar-refractivity contribution is 6.30. The van der Waals surface area contributed by atoms with Crippen LogP contribution in [0.2, 0.25) is 5.02 Å². The van der Waals surface area contributed by atoms with E-state index < -0.39 is 0 Å². The molecule has 1 aromatic heterocycles. The Morgan fingerprint density at radius 2 is 2.18 bits per heavy atom. The fourth-order valence-electron chi connectivity index (χ4n) is 1.79. The van der Waals surface area contributed by atoms with Crippen molar-refractivity contribution in [3.8, 4) is 5.75 Å². The number of methoxy groups -OCH3 is 1. The van der Waals surface area contributed by atoms with Crippen molar-refractivity contribution in [1.82, 2.24) is 9.78 Å². The van der Waals surface area contributed by atoms with E-state index in [0.717, 1.165) is 11.3 Å². The van der Waals surface area contributed by atoms with E-state index in [0.29, 0.717) is 10.8 Å². The third-order valence-corrected chi connectivity index (χ3v) is 2.94. The van der Waals surface area contributed by atoms with Gasteiger partial charge in [0, 0.05) is 23.8 Å². The molecule has 17 heavy (non-hydrogen) atoms. The van der Waals surface area contributed by atoms with Gasteiger partial charge in [-0.05, 0) is 18.2 Å². The molecule has 2 N–H and O–H groups in total. The molecular formula is C12H14ClN3O. The third kappa shape index (κ3) is 2.28. The van der Waals surface area contributed by atoms with Crippen molar-refractivity contribution in [2.24, 2.45) is 12.8 Å². The largest absolute Gasteiger partial charge is 0.496 e. The summed E-state index contributed by atoms with van der Waals surface area (Å²) in [4.78, 5) is 0. The van der Waals surface area contributed by atoms with Crippen molar-refractivity contribution in [3.63, 3.8) is 0 Å². The van der Waals surface area contributed by atoms with Crippen LogP contribution in [0.15, 0.2) is 30.5 Å². The molecule has 0 saturated heterocycles. The highest BCUT2D eigenvalue weighted by Crippen LogP contribution is 2.30. The van der Waals surface area contributed by atoms with Crippen LogP contribution in [-0.2, 0) is 7.05 Å². The minimum Gasteiger partial charge on any atom is -0.496 e. The molecule has 0 bridgehead atoms. The van der Waals surface area contributed by atoms with Gasteiger partial charge in [0.25, 0.3) is 0 Å². The van der Waals surface area contributed by atoms with Crippen LogP contribution >= 0.6 is 11.6 Å². The molecule has 1 heterocycles. The van der Waals surface area contributed by atoms with E-state index in [-0.39, 0.29) is 6.04 Å². The molecule has 0 spiro atoms. The summed E-state index contributed by atoms with van der Waals surface area (Å²) in [6.45, 7) is 0. The predicted molar refractivity (Wildman–Crippen MR) is 67.2 cm³/mol. The van der Waals surface area contributed by atoms with E-state index in [9.17, 15) is 0 Å². The second-order valence-corrected chi connectivity index (χ2v) is 4.18. The fourth-order valence-corrected chi connectivity index (χ4v) is 1.95. The first-order chi connectivity index (χ1) is 8.13. The van der Waals surface area contributed by atoms with Crippen molar-refractivity contribution in [3.05, 3.63) is 46.7 Å². The first-order valence-electron chi connectivity index (χ1n) is 5.20. The van der Waals surface area contributed by atoms with Gasteiger partial charge < -0.3 is 10.5 Å². The molecule has 4 nitrogen and oxygen atoms in total. The van der Waals surface area contributed by atoms with Crippen molar-refractivity contribution >= 4 is 11.6 Å². The van der Waals surface area contributed by atoms with Crippen LogP contribution in [0.4, 0.5) is 0 Å². The number of halogens is 1. The Bertz CT molecular complexity index is 524. The lowest BCUT2D eigenvalue weighted by molar-refractivity contribution is 0.407. The summed E-state index contributed by atoms with van der Waals surface area (Å²) in [6, 6.07) is 7.04. The number of benzene rings is 1. The average molecular weight is 252 g/mol. The molecule has 5 heteroatoms. The maximum atomic E-state index is 6.20. The molecule has 1 atom stereocenters. The van der Waals surface area contributed by atoms with Crippen LogP contribution in [0.25, 0.3) is 0 Å². The lowest BCUT2D eigenvalue weighted by Crippen LogP contribution is -2.16. The van der Waals surface area contributed by atoms with Crippen molar-refractivity contribution in [2.75, 3.05) is 7.11 Å². The molecule has 0 saturated carbocycles. The first kappa shape index (κ1) is 12.0. The predicted octanol–water partition coefficient (Wildman–Crippen LogP) is 2.13. The van der Waals surface area contributed by atoms with Crippen LogP contribution in [0.5, 0.6) is 5.75 Å². The van der Waals surface area contributed by atoms with E-state index in [2.05, 4.69) is 5.10 Å². The molecule has 0 amide bonds. The normalized spacial score (nSPS) is 12.5. The number of ether oxygens (including phenoxy) is 1. The van der Waals surface area contributed by atoms with E-state index in [1.54, 1.807) is 30.1 Å². The van der Waals surface area contributed by atoms with E-state index in [1.807, 2.05) is 19.2 Å². The molecular weight excluding hydrogens is 238 g/mol. The summed E-state index contributed by atoms with van der Waals surface area (Å²) in [5, 5.41) is 4.73. The van der Waals surface area contributed by atoms with Gasteiger partial charge in [0.2, 0.25) is 0 Å². The van der Waals surface area contributed by atoms with Crippen LogP contribution in [0, 0.1) is 0 Å². The maximum Gasteiger partial charge on any atom is 0.125 e. The Labute approximate surface area is 105 Å². The van der Waals surface area contributed by atoms with Gasteiger partial charge in [-0.15, -0.1) is 0 Å². The van der Waals surface area contributed by atoms with E-state index in [1.165, 1.54) is 0 Å². The number of hydrogen-bond acceptors (Lipinski definition) is 3. The number of hydrogen-bond donors (Lipinski definition) is 1. The summed E-state index contributed by atoms with van der Waals surface area (Å²) in [6.07, 6.45) is 1.72. The highest BCUT2D eigenvalue weighted by Gasteiger charge is 2.16. The van der Waals surface area contributed by atoms with Crippen LogP contribution in [0.1, 0.15) is 17.3 Å². The van der Waals surface area contributed by atoms with Crippen molar-refractivity contribution in [2.45, 2.75) is 6.04 Å². The standard InChI is InChI=1S/C12H14ClN3O/c1-16-10(5-6-15-16)12(14)9-4-3-8(13)7-11(9)17-2/h3-7,12H,14H2,1-2H3. The Balaban J connectivity index is 2.44. The van der Waals surface area contributed by atoms with Crippen LogP contribution in [-0.4, -0.2) is 16.9 Å². The smallest absolute Gasteiger partial charge is 0.125 e. The molecule has 0 aliphatic heterocycles. The number of rotatable bonds is 3. The highest BCUT2D eigenvalue weighted by atomic mass is 35.5. The zero-order chi connectivity index (χ0) is 12.4. The minimum atomic E-state index is -0.283. The zero-order valence-electron chi connectivity index (χ0n) is 9.72. The maximum absolute atomic E-state index is 6.20. The number of nitrogens with zero attached hydrogens (tertiary/aromatic N) is 2. The summed E-state index contributed by atoms with van der Waals surface area (Å²) in [5.74, 6) is 0.686. The van der Waals surface area contributed by atoms with Gasteiger partial charge in [-0.25, -0.2) is 0 Å². The summed E-state index contributed by atoms with van der Waals surface area (Å²) >= 11 is 5.92. The topological polar surface area (TPSA) is 53.1 Å². The van der Waals surface area contributed by atoms with Crippen molar-refractivity contribution < 1.29 is 4.74 Å². The summed E-state index contributed by atoms with van der Waals surface area (Å²) in [7, 11) is 3.46. The summed E-state index contributed by atoms with van der Waals surface area (Å²) in [5.41, 5.74) is 8.02. The van der Waals surface area contributed by atoms with Gasteiger partial charge in [0.05, 0.1) is 18.8 Å². The second-order valence-electron chi connectivity index (χ2n) is 3.74. The van der Waals surface area contributed by atoms with E-state index >= 15 is 0 Å². The average Bonchev–Trinajstić information content (AvgIpc) is 2.74. The molecule has 90 valence electrons. The Morgan fingerprint density at radius 3 is 2.76 bits per heavy atom. The molecule has 1 aromatic carbocycles. The van der Waals surface area contributed by atoms with Crippen molar-refractivity contribution in [1.29, 1.82) is 0 Å². The van der Waals surface area contributed by atoms with Gasteiger partial charge in [-0.3, -0.25) is 4.68 Å². The molecule has 2 rings (SSSR count). The molecule has 1 unspecified atom stereocenters. The lowest BCUT2D eigenvalue weighted by Gasteiger charge is -2.16. The Kier molecular flexibility index (Phi) is 3.36. The summed E-state index contributed by atoms with van der Waals surface area (Å²) < 4.78 is 7.04.